The van der Waals surface area contributed by atoms with E-state index < -0.39 is 0 Å². The summed E-state index contributed by atoms with van der Waals surface area (Å²) in [6.07, 6.45) is 2.44. The van der Waals surface area contributed by atoms with Crippen molar-refractivity contribution in [2.24, 2.45) is 0 Å². The van der Waals surface area contributed by atoms with E-state index in [1.807, 2.05) is 19.1 Å². The Kier molecular flexibility index (Phi) is 3.76. The summed E-state index contributed by atoms with van der Waals surface area (Å²) < 4.78 is 0. The number of hydrogen-bond acceptors (Lipinski definition) is 4. The van der Waals surface area contributed by atoms with E-state index in [4.69, 9.17) is 11.6 Å². The van der Waals surface area contributed by atoms with Gasteiger partial charge in [-0.2, -0.15) is 0 Å². The molecule has 5 heteroatoms. The van der Waals surface area contributed by atoms with Crippen molar-refractivity contribution in [2.75, 3.05) is 0 Å². The largest absolute Gasteiger partial charge is 0.298 e. The first kappa shape index (κ1) is 12.1. The van der Waals surface area contributed by atoms with Crippen LogP contribution in [0.2, 0.25) is 5.02 Å². The van der Waals surface area contributed by atoms with Crippen LogP contribution in [-0.4, -0.2) is 16.3 Å². The van der Waals surface area contributed by atoms with E-state index >= 15 is 0 Å². The smallest absolute Gasteiger partial charge is 0.192 e. The highest BCUT2D eigenvalue weighted by molar-refractivity contribution is 7.99. The Balaban J connectivity index is 2.36. The highest BCUT2D eigenvalue weighted by Crippen LogP contribution is 2.30. The maximum Gasteiger partial charge on any atom is 0.192 e. The van der Waals surface area contributed by atoms with Crippen molar-refractivity contribution in [1.29, 1.82) is 0 Å². The molecule has 0 fully saturated rings. The van der Waals surface area contributed by atoms with Gasteiger partial charge in [-0.05, 0) is 36.9 Å². The topological polar surface area (TPSA) is 42.9 Å². The third-order valence-corrected chi connectivity index (χ3v) is 3.39. The highest BCUT2D eigenvalue weighted by atomic mass is 35.5. The normalized spacial score (nSPS) is 10.2. The van der Waals surface area contributed by atoms with Crippen molar-refractivity contribution in [3.63, 3.8) is 0 Å². The van der Waals surface area contributed by atoms with E-state index in [2.05, 4.69) is 9.97 Å². The molecule has 0 bridgehead atoms. The zero-order chi connectivity index (χ0) is 12.3. The average Bonchev–Trinajstić information content (AvgIpc) is 2.29. The number of benzene rings is 1. The summed E-state index contributed by atoms with van der Waals surface area (Å²) in [6.45, 7) is 1.89. The second-order valence-corrected chi connectivity index (χ2v) is 4.77. The van der Waals surface area contributed by atoms with E-state index in [1.54, 1.807) is 18.3 Å². The minimum atomic E-state index is 0.442. The molecule has 1 aromatic heterocycles. The van der Waals surface area contributed by atoms with Crippen molar-refractivity contribution >= 4 is 29.6 Å². The molecule has 2 rings (SSSR count). The molecule has 17 heavy (non-hydrogen) atoms. The van der Waals surface area contributed by atoms with Crippen LogP contribution in [-0.2, 0) is 0 Å². The number of nitrogens with zero attached hydrogens (tertiary/aromatic N) is 2. The molecule has 86 valence electrons. The Morgan fingerprint density at radius 2 is 2.18 bits per heavy atom. The molecule has 3 nitrogen and oxygen atoms in total. The first-order valence-electron chi connectivity index (χ1n) is 4.92. The molecule has 0 saturated heterocycles. The van der Waals surface area contributed by atoms with Crippen LogP contribution in [0.15, 0.2) is 40.5 Å². The number of aldehydes is 1. The van der Waals surface area contributed by atoms with E-state index in [0.717, 1.165) is 16.9 Å². The summed E-state index contributed by atoms with van der Waals surface area (Å²) in [5.74, 6) is 0. The summed E-state index contributed by atoms with van der Waals surface area (Å²) in [4.78, 5) is 20.1. The summed E-state index contributed by atoms with van der Waals surface area (Å²) in [7, 11) is 0. The molecule has 1 heterocycles. The number of hydrogen-bond donors (Lipinski definition) is 0. The molecule has 0 aliphatic rings. The lowest BCUT2D eigenvalue weighted by molar-refractivity contribution is 0.112. The summed E-state index contributed by atoms with van der Waals surface area (Å²) in [5.41, 5.74) is 1.36. The average molecular weight is 265 g/mol. The first-order chi connectivity index (χ1) is 8.20. The van der Waals surface area contributed by atoms with Crippen LogP contribution in [0.1, 0.15) is 16.1 Å². The van der Waals surface area contributed by atoms with E-state index in [0.29, 0.717) is 15.7 Å². The van der Waals surface area contributed by atoms with Gasteiger partial charge in [0.15, 0.2) is 11.4 Å². The Hall–Kier alpha value is -1.39. The van der Waals surface area contributed by atoms with Gasteiger partial charge in [0, 0.05) is 22.3 Å². The predicted octanol–water partition coefficient (Wildman–Crippen LogP) is 3.40. The Morgan fingerprint density at radius 3 is 2.88 bits per heavy atom. The van der Waals surface area contributed by atoms with Crippen LogP contribution in [0.5, 0.6) is 0 Å². The standard InChI is InChI=1S/C12H9ClN2OS/c1-8-5-6-14-12(15-8)17-11-4-2-3-10(13)9(11)7-16/h2-7H,1H3. The third-order valence-electron chi connectivity index (χ3n) is 2.10. The van der Waals surface area contributed by atoms with Crippen molar-refractivity contribution in [2.45, 2.75) is 17.0 Å². The van der Waals surface area contributed by atoms with Crippen molar-refractivity contribution < 1.29 is 4.79 Å². The second-order valence-electron chi connectivity index (χ2n) is 3.35. The minimum Gasteiger partial charge on any atom is -0.298 e. The molecule has 0 saturated carbocycles. The van der Waals surface area contributed by atoms with Crippen molar-refractivity contribution in [1.82, 2.24) is 9.97 Å². The number of aromatic nitrogens is 2. The molecule has 0 unspecified atom stereocenters. The fourth-order valence-electron chi connectivity index (χ4n) is 1.29. The maximum atomic E-state index is 11.0. The molecule has 0 N–H and O–H groups in total. The van der Waals surface area contributed by atoms with Gasteiger partial charge in [-0.25, -0.2) is 9.97 Å². The van der Waals surface area contributed by atoms with Crippen LogP contribution in [0, 0.1) is 6.92 Å². The van der Waals surface area contributed by atoms with E-state index in [-0.39, 0.29) is 0 Å². The Morgan fingerprint density at radius 1 is 1.35 bits per heavy atom. The molecule has 0 spiro atoms. The summed E-state index contributed by atoms with van der Waals surface area (Å²) in [5, 5.41) is 1.05. The number of carbonyl (C=O) groups excluding carboxylic acids is 1. The fourth-order valence-corrected chi connectivity index (χ4v) is 2.48. The molecule has 0 aliphatic heterocycles. The molecule has 1 aromatic carbocycles. The Labute approximate surface area is 108 Å². The van der Waals surface area contributed by atoms with Crippen molar-refractivity contribution in [3.8, 4) is 0 Å². The molecular weight excluding hydrogens is 256 g/mol. The van der Waals surface area contributed by atoms with Gasteiger partial charge in [0.25, 0.3) is 0 Å². The summed E-state index contributed by atoms with van der Waals surface area (Å²) in [6, 6.07) is 7.13. The van der Waals surface area contributed by atoms with Gasteiger partial charge in [0.05, 0.1) is 5.02 Å². The van der Waals surface area contributed by atoms with E-state index in [1.165, 1.54) is 11.8 Å². The van der Waals surface area contributed by atoms with Crippen LogP contribution < -0.4 is 0 Å². The van der Waals surface area contributed by atoms with Gasteiger partial charge in [-0.15, -0.1) is 0 Å². The summed E-state index contributed by atoms with van der Waals surface area (Å²) >= 11 is 7.27. The SMILES string of the molecule is Cc1ccnc(Sc2cccc(Cl)c2C=O)n1. The Bertz CT molecular complexity index is 560. The first-order valence-corrected chi connectivity index (χ1v) is 6.11. The monoisotopic (exact) mass is 264 g/mol. The predicted molar refractivity (Wildman–Crippen MR) is 67.7 cm³/mol. The maximum absolute atomic E-state index is 11.0. The van der Waals surface area contributed by atoms with Gasteiger partial charge >= 0.3 is 0 Å². The third kappa shape index (κ3) is 2.84. The van der Waals surface area contributed by atoms with Gasteiger partial charge in [-0.3, -0.25) is 4.79 Å². The zero-order valence-electron chi connectivity index (χ0n) is 9.05. The van der Waals surface area contributed by atoms with Crippen LogP contribution in [0.4, 0.5) is 0 Å². The zero-order valence-corrected chi connectivity index (χ0v) is 10.6. The number of halogens is 1. The minimum absolute atomic E-state index is 0.442. The molecule has 0 radical (unpaired) electrons. The van der Waals surface area contributed by atoms with Crippen LogP contribution in [0.25, 0.3) is 0 Å². The molecular formula is C12H9ClN2OS. The highest BCUT2D eigenvalue weighted by Gasteiger charge is 2.09. The van der Waals surface area contributed by atoms with Crippen molar-refractivity contribution in [3.05, 3.63) is 46.7 Å². The quantitative estimate of drug-likeness (QED) is 0.629. The van der Waals surface area contributed by atoms with E-state index in [9.17, 15) is 4.79 Å². The molecule has 0 amide bonds. The van der Waals surface area contributed by atoms with Gasteiger partial charge < -0.3 is 0 Å². The lowest BCUT2D eigenvalue weighted by Crippen LogP contribution is -1.91. The lowest BCUT2D eigenvalue weighted by Gasteiger charge is -2.04. The van der Waals surface area contributed by atoms with Gasteiger partial charge in [0.2, 0.25) is 0 Å². The van der Waals surface area contributed by atoms with Crippen LogP contribution in [0.3, 0.4) is 0 Å². The number of aryl methyl sites for hydroxylation is 1. The van der Waals surface area contributed by atoms with Gasteiger partial charge in [-0.1, -0.05) is 17.7 Å². The fraction of sp³-hybridized carbons (Fsp3) is 0.0833. The number of rotatable bonds is 3. The molecule has 0 aliphatic carbocycles. The molecule has 2 aromatic rings. The van der Waals surface area contributed by atoms with Gasteiger partial charge in [0.1, 0.15) is 0 Å². The molecule has 0 atom stereocenters. The number of carbonyl (C=O) groups is 1. The second kappa shape index (κ2) is 5.29. The lowest BCUT2D eigenvalue weighted by atomic mass is 10.2. The van der Waals surface area contributed by atoms with Crippen LogP contribution >= 0.6 is 23.4 Å².